The van der Waals surface area contributed by atoms with Crippen molar-refractivity contribution >= 4 is 33.1 Å². The Labute approximate surface area is 112 Å². The zero-order chi connectivity index (χ0) is 12.3. The van der Waals surface area contributed by atoms with Gasteiger partial charge in [0, 0.05) is 13.6 Å². The number of thiophene rings is 1. The molecule has 0 unspecified atom stereocenters. The molecule has 2 rings (SSSR count). The van der Waals surface area contributed by atoms with E-state index in [9.17, 15) is 0 Å². The predicted molar refractivity (Wildman–Crippen MR) is 72.1 cm³/mol. The van der Waals surface area contributed by atoms with Crippen molar-refractivity contribution in [1.29, 1.82) is 0 Å². The fourth-order valence-corrected chi connectivity index (χ4v) is 2.61. The molecule has 0 aliphatic heterocycles. The van der Waals surface area contributed by atoms with Crippen molar-refractivity contribution in [2.45, 2.75) is 13.2 Å². The predicted octanol–water partition coefficient (Wildman–Crippen LogP) is 2.43. The van der Waals surface area contributed by atoms with Gasteiger partial charge in [0.15, 0.2) is 0 Å². The lowest BCUT2D eigenvalue weighted by Gasteiger charge is -2.16. The lowest BCUT2D eigenvalue weighted by Crippen LogP contribution is -2.17. The number of aromatic nitrogens is 2. The van der Waals surface area contributed by atoms with Crippen molar-refractivity contribution in [2.24, 2.45) is 0 Å². The minimum Gasteiger partial charge on any atom is -0.390 e. The van der Waals surface area contributed by atoms with Gasteiger partial charge < -0.3 is 10.0 Å². The van der Waals surface area contributed by atoms with Crippen molar-refractivity contribution in [1.82, 2.24) is 9.97 Å². The number of aliphatic hydroxyl groups is 1. The van der Waals surface area contributed by atoms with Crippen molar-refractivity contribution in [3.8, 4) is 0 Å². The smallest absolute Gasteiger partial charge is 0.147 e. The largest absolute Gasteiger partial charge is 0.390 e. The van der Waals surface area contributed by atoms with Gasteiger partial charge in [0.25, 0.3) is 0 Å². The summed E-state index contributed by atoms with van der Waals surface area (Å²) in [7, 11) is 1.97. The summed E-state index contributed by atoms with van der Waals surface area (Å²) in [5, 5.41) is 11.0. The van der Waals surface area contributed by atoms with E-state index in [-0.39, 0.29) is 6.61 Å². The van der Waals surface area contributed by atoms with Gasteiger partial charge in [-0.15, -0.1) is 11.3 Å². The third-order valence-corrected chi connectivity index (χ3v) is 3.84. The number of hydrogen-bond donors (Lipinski definition) is 1. The van der Waals surface area contributed by atoms with Crippen LogP contribution in [0.4, 0.5) is 5.82 Å². The van der Waals surface area contributed by atoms with Gasteiger partial charge in [-0.2, -0.15) is 0 Å². The first kappa shape index (κ1) is 12.5. The highest BCUT2D eigenvalue weighted by Crippen LogP contribution is 2.22. The molecular weight excluding hydrogens is 302 g/mol. The number of halogens is 1. The summed E-state index contributed by atoms with van der Waals surface area (Å²) >= 11 is 5.11. The molecule has 0 aliphatic rings. The van der Waals surface area contributed by atoms with Crippen LogP contribution in [-0.2, 0) is 13.2 Å². The Hall–Kier alpha value is -0.980. The molecule has 0 aliphatic carbocycles. The Morgan fingerprint density at radius 2 is 2.24 bits per heavy atom. The highest BCUT2D eigenvalue weighted by Gasteiger charge is 2.05. The highest BCUT2D eigenvalue weighted by molar-refractivity contribution is 9.11. The van der Waals surface area contributed by atoms with Crippen LogP contribution < -0.4 is 4.90 Å². The van der Waals surface area contributed by atoms with Crippen LogP contribution in [-0.4, -0.2) is 22.1 Å². The Morgan fingerprint density at radius 1 is 1.41 bits per heavy atom. The SMILES string of the molecule is CN(Cc1csc(Br)c1)c1cnc(CO)cn1. The summed E-state index contributed by atoms with van der Waals surface area (Å²) < 4.78 is 1.13. The van der Waals surface area contributed by atoms with Crippen molar-refractivity contribution < 1.29 is 5.11 Å². The lowest BCUT2D eigenvalue weighted by molar-refractivity contribution is 0.276. The molecule has 2 aromatic rings. The van der Waals surface area contributed by atoms with Crippen LogP contribution in [0.5, 0.6) is 0 Å². The Morgan fingerprint density at radius 3 is 2.76 bits per heavy atom. The summed E-state index contributed by atoms with van der Waals surface area (Å²) in [4.78, 5) is 10.4. The van der Waals surface area contributed by atoms with E-state index in [2.05, 4.69) is 37.3 Å². The van der Waals surface area contributed by atoms with E-state index in [1.54, 1.807) is 23.7 Å². The first-order valence-electron chi connectivity index (χ1n) is 5.05. The molecule has 6 heteroatoms. The molecule has 2 aromatic heterocycles. The summed E-state index contributed by atoms with van der Waals surface area (Å²) in [6, 6.07) is 2.09. The van der Waals surface area contributed by atoms with Crippen molar-refractivity contribution in [3.05, 3.63) is 38.9 Å². The molecule has 1 N–H and O–H groups in total. The lowest BCUT2D eigenvalue weighted by atomic mass is 10.3. The van der Waals surface area contributed by atoms with Crippen molar-refractivity contribution in [2.75, 3.05) is 11.9 Å². The minimum atomic E-state index is -0.0749. The molecule has 0 radical (unpaired) electrons. The Kier molecular flexibility index (Phi) is 4.09. The molecule has 2 heterocycles. The van der Waals surface area contributed by atoms with Gasteiger partial charge in [-0.05, 0) is 32.9 Å². The Balaban J connectivity index is 2.06. The maximum Gasteiger partial charge on any atom is 0.147 e. The molecule has 4 nitrogen and oxygen atoms in total. The highest BCUT2D eigenvalue weighted by atomic mass is 79.9. The molecule has 0 aromatic carbocycles. The second-order valence-corrected chi connectivity index (χ2v) is 5.93. The molecule has 0 spiro atoms. The standard InChI is InChI=1S/C11H12BrN3OS/c1-15(5-8-2-10(12)17-7-8)11-4-13-9(6-16)3-14-11/h2-4,7,16H,5-6H2,1H3. The minimum absolute atomic E-state index is 0.0749. The number of nitrogens with zero attached hydrogens (tertiary/aromatic N) is 3. The van der Waals surface area contributed by atoms with E-state index in [0.717, 1.165) is 16.1 Å². The summed E-state index contributed by atoms with van der Waals surface area (Å²) in [6.07, 6.45) is 3.27. The maximum absolute atomic E-state index is 8.89. The second kappa shape index (κ2) is 5.57. The second-order valence-electron chi connectivity index (χ2n) is 3.64. The van der Waals surface area contributed by atoms with Crippen LogP contribution in [0.1, 0.15) is 11.3 Å². The quantitative estimate of drug-likeness (QED) is 0.942. The van der Waals surface area contributed by atoms with Gasteiger partial charge >= 0.3 is 0 Å². The van der Waals surface area contributed by atoms with Crippen LogP contribution >= 0.6 is 27.3 Å². The van der Waals surface area contributed by atoms with Crippen LogP contribution in [0, 0.1) is 0 Å². The van der Waals surface area contributed by atoms with E-state index in [0.29, 0.717) is 5.69 Å². The Bertz CT molecular complexity index is 486. The van der Waals surface area contributed by atoms with E-state index in [4.69, 9.17) is 5.11 Å². The molecule has 90 valence electrons. The number of rotatable bonds is 4. The first-order chi connectivity index (χ1) is 8.19. The molecule has 0 atom stereocenters. The third-order valence-electron chi connectivity index (χ3n) is 2.29. The molecule has 0 fully saturated rings. The first-order valence-corrected chi connectivity index (χ1v) is 6.72. The van der Waals surface area contributed by atoms with E-state index >= 15 is 0 Å². The third kappa shape index (κ3) is 3.24. The van der Waals surface area contributed by atoms with Crippen LogP contribution in [0.15, 0.2) is 27.6 Å². The number of aliphatic hydroxyl groups excluding tert-OH is 1. The van der Waals surface area contributed by atoms with E-state index in [1.165, 1.54) is 5.56 Å². The van der Waals surface area contributed by atoms with Gasteiger partial charge in [-0.3, -0.25) is 4.98 Å². The van der Waals surface area contributed by atoms with Crippen LogP contribution in [0.2, 0.25) is 0 Å². The maximum atomic E-state index is 8.89. The summed E-state index contributed by atoms with van der Waals surface area (Å²) in [6.45, 7) is 0.712. The average molecular weight is 314 g/mol. The van der Waals surface area contributed by atoms with Gasteiger partial charge in [-0.1, -0.05) is 0 Å². The fraction of sp³-hybridized carbons (Fsp3) is 0.273. The number of hydrogen-bond acceptors (Lipinski definition) is 5. The molecule has 0 saturated heterocycles. The molecular formula is C11H12BrN3OS. The zero-order valence-corrected chi connectivity index (χ0v) is 11.7. The van der Waals surface area contributed by atoms with Gasteiger partial charge in [-0.25, -0.2) is 4.98 Å². The zero-order valence-electron chi connectivity index (χ0n) is 9.30. The van der Waals surface area contributed by atoms with Gasteiger partial charge in [0.05, 0.1) is 28.5 Å². The van der Waals surface area contributed by atoms with Crippen LogP contribution in [0.3, 0.4) is 0 Å². The molecule has 0 amide bonds. The monoisotopic (exact) mass is 313 g/mol. The fourth-order valence-electron chi connectivity index (χ4n) is 1.41. The average Bonchev–Trinajstić information content (AvgIpc) is 2.75. The van der Waals surface area contributed by atoms with Crippen molar-refractivity contribution in [3.63, 3.8) is 0 Å². The molecule has 0 saturated carbocycles. The van der Waals surface area contributed by atoms with Gasteiger partial charge in [0.2, 0.25) is 0 Å². The molecule has 0 bridgehead atoms. The van der Waals surface area contributed by atoms with Gasteiger partial charge in [0.1, 0.15) is 5.82 Å². The summed E-state index contributed by atoms with van der Waals surface area (Å²) in [5.41, 5.74) is 1.82. The number of anilines is 1. The van der Waals surface area contributed by atoms with Crippen LogP contribution in [0.25, 0.3) is 0 Å². The molecule has 17 heavy (non-hydrogen) atoms. The topological polar surface area (TPSA) is 49.2 Å². The van der Waals surface area contributed by atoms with E-state index in [1.807, 2.05) is 11.9 Å². The summed E-state index contributed by atoms with van der Waals surface area (Å²) in [5.74, 6) is 0.796. The van der Waals surface area contributed by atoms with E-state index < -0.39 is 0 Å². The normalized spacial score (nSPS) is 10.5.